The zero-order valence-corrected chi connectivity index (χ0v) is 19.5. The quantitative estimate of drug-likeness (QED) is 0.315. The molecule has 0 aliphatic heterocycles. The summed E-state index contributed by atoms with van der Waals surface area (Å²) in [6.45, 7) is 0.353. The minimum Gasteiger partial charge on any atom is -0.392 e. The van der Waals surface area contributed by atoms with E-state index in [9.17, 15) is 18.0 Å². The molecule has 1 aliphatic rings. The fourth-order valence-electron chi connectivity index (χ4n) is 3.41. The molecule has 33 heavy (non-hydrogen) atoms. The molecule has 0 spiro atoms. The van der Waals surface area contributed by atoms with E-state index in [1.54, 1.807) is 7.05 Å². The summed E-state index contributed by atoms with van der Waals surface area (Å²) in [5, 5.41) is 6.72. The second kappa shape index (κ2) is 11.2. The third-order valence-corrected chi connectivity index (χ3v) is 7.09. The standard InChI is InChI=1S/C22H28N4O6S/c1-26-15-19(23-14-20(26)27)24-22(28)21(25-32-17-6-3-4-7-17)16-8-10-18(11-9-16)33(29,30)13-5-12-31-2/h8-11,14-15,17H,3-7,12-13H2,1-2H3,(H,24,28)/b25-21+. The van der Waals surface area contributed by atoms with Crippen molar-refractivity contribution < 1.29 is 22.8 Å². The highest BCUT2D eigenvalue weighted by Gasteiger charge is 2.21. The van der Waals surface area contributed by atoms with Gasteiger partial charge < -0.3 is 19.5 Å². The van der Waals surface area contributed by atoms with Crippen molar-refractivity contribution in [3.63, 3.8) is 0 Å². The van der Waals surface area contributed by atoms with E-state index in [1.807, 2.05) is 0 Å². The first-order valence-electron chi connectivity index (χ1n) is 10.7. The third kappa shape index (κ3) is 6.72. The number of nitrogens with zero attached hydrogens (tertiary/aromatic N) is 3. The van der Waals surface area contributed by atoms with Crippen LogP contribution in [0.25, 0.3) is 0 Å². The number of carbonyl (C=O) groups excluding carboxylic acids is 1. The van der Waals surface area contributed by atoms with Crippen molar-refractivity contribution in [2.24, 2.45) is 12.2 Å². The summed E-state index contributed by atoms with van der Waals surface area (Å²) in [6.07, 6.45) is 6.62. The van der Waals surface area contributed by atoms with Crippen LogP contribution in [0, 0.1) is 0 Å². The lowest BCUT2D eigenvalue weighted by molar-refractivity contribution is -0.110. The Morgan fingerprint density at radius 3 is 2.58 bits per heavy atom. The van der Waals surface area contributed by atoms with E-state index in [2.05, 4.69) is 15.5 Å². The zero-order chi connectivity index (χ0) is 23.8. The van der Waals surface area contributed by atoms with Crippen molar-refractivity contribution in [3.8, 4) is 0 Å². The molecule has 10 nitrogen and oxygen atoms in total. The molecule has 0 unspecified atom stereocenters. The lowest BCUT2D eigenvalue weighted by atomic mass is 10.1. The summed E-state index contributed by atoms with van der Waals surface area (Å²) in [6, 6.07) is 5.93. The maximum absolute atomic E-state index is 13.0. The monoisotopic (exact) mass is 476 g/mol. The van der Waals surface area contributed by atoms with Gasteiger partial charge in [0.2, 0.25) is 0 Å². The van der Waals surface area contributed by atoms with Gasteiger partial charge >= 0.3 is 0 Å². The molecule has 0 atom stereocenters. The Hall–Kier alpha value is -3.05. The molecule has 1 fully saturated rings. The van der Waals surface area contributed by atoms with Crippen molar-refractivity contribution in [2.75, 3.05) is 24.8 Å². The van der Waals surface area contributed by atoms with E-state index in [0.29, 0.717) is 18.6 Å². The van der Waals surface area contributed by atoms with Crippen LogP contribution in [0.2, 0.25) is 0 Å². The van der Waals surface area contributed by atoms with Gasteiger partial charge in [0.15, 0.2) is 15.5 Å². The number of oxime groups is 1. The van der Waals surface area contributed by atoms with E-state index in [-0.39, 0.29) is 33.8 Å². The number of benzene rings is 1. The molecule has 1 amide bonds. The molecule has 0 radical (unpaired) electrons. The molecule has 2 aromatic rings. The molecule has 178 valence electrons. The van der Waals surface area contributed by atoms with Crippen molar-refractivity contribution in [1.82, 2.24) is 9.55 Å². The number of methoxy groups -OCH3 is 1. The summed E-state index contributed by atoms with van der Waals surface area (Å²) in [5.74, 6) is -0.451. The van der Waals surface area contributed by atoms with Crippen LogP contribution in [0.1, 0.15) is 37.7 Å². The van der Waals surface area contributed by atoms with Crippen LogP contribution in [0.4, 0.5) is 5.82 Å². The molecule has 0 bridgehead atoms. The molecule has 1 aromatic heterocycles. The Kier molecular flexibility index (Phi) is 8.34. The Morgan fingerprint density at radius 2 is 1.94 bits per heavy atom. The lowest BCUT2D eigenvalue weighted by Crippen LogP contribution is -2.27. The molecular formula is C22H28N4O6S. The van der Waals surface area contributed by atoms with Crippen molar-refractivity contribution in [2.45, 2.75) is 43.1 Å². The minimum absolute atomic E-state index is 0.0131. The summed E-state index contributed by atoms with van der Waals surface area (Å²) < 4.78 is 31.2. The lowest BCUT2D eigenvalue weighted by Gasteiger charge is -2.12. The Bertz CT molecular complexity index is 1150. The molecule has 3 rings (SSSR count). The normalized spacial score (nSPS) is 14.9. The first-order chi connectivity index (χ1) is 15.8. The molecule has 1 heterocycles. The van der Waals surface area contributed by atoms with E-state index in [4.69, 9.17) is 9.57 Å². The Balaban J connectivity index is 1.83. The maximum atomic E-state index is 13.0. The number of anilines is 1. The Morgan fingerprint density at radius 1 is 1.24 bits per heavy atom. The van der Waals surface area contributed by atoms with Gasteiger partial charge in [-0.1, -0.05) is 17.3 Å². The van der Waals surface area contributed by atoms with Crippen molar-refractivity contribution in [1.29, 1.82) is 0 Å². The van der Waals surface area contributed by atoms with Crippen LogP contribution in [0.15, 0.2) is 51.5 Å². The molecule has 1 N–H and O–H groups in total. The molecule has 1 aliphatic carbocycles. The second-order valence-corrected chi connectivity index (χ2v) is 9.93. The van der Waals surface area contributed by atoms with Gasteiger partial charge in [-0.15, -0.1) is 0 Å². The van der Waals surface area contributed by atoms with Gasteiger partial charge in [0.1, 0.15) is 11.9 Å². The number of amides is 1. The number of aryl methyl sites for hydroxylation is 1. The van der Waals surface area contributed by atoms with Crippen LogP contribution < -0.4 is 10.9 Å². The summed E-state index contributed by atoms with van der Waals surface area (Å²) in [5.41, 5.74) is 0.0702. The van der Waals surface area contributed by atoms with Crippen LogP contribution in [0.3, 0.4) is 0 Å². The summed E-state index contributed by atoms with van der Waals surface area (Å²) in [7, 11) is -0.407. The van der Waals surface area contributed by atoms with E-state index in [0.717, 1.165) is 31.9 Å². The minimum atomic E-state index is -3.47. The molecule has 0 saturated heterocycles. The highest BCUT2D eigenvalue weighted by Crippen LogP contribution is 2.22. The van der Waals surface area contributed by atoms with Gasteiger partial charge in [0.25, 0.3) is 11.5 Å². The molecule has 1 saturated carbocycles. The van der Waals surface area contributed by atoms with Gasteiger partial charge in [0, 0.05) is 32.5 Å². The fourth-order valence-corrected chi connectivity index (χ4v) is 4.70. The number of sulfone groups is 1. The van der Waals surface area contributed by atoms with Gasteiger partial charge in [-0.25, -0.2) is 13.4 Å². The van der Waals surface area contributed by atoms with Gasteiger partial charge in [-0.3, -0.25) is 9.59 Å². The van der Waals surface area contributed by atoms with E-state index >= 15 is 0 Å². The first kappa shape index (κ1) is 24.6. The largest absolute Gasteiger partial charge is 0.392 e. The van der Waals surface area contributed by atoms with Crippen LogP contribution >= 0.6 is 0 Å². The smallest absolute Gasteiger partial charge is 0.279 e. The van der Waals surface area contributed by atoms with Gasteiger partial charge in [-0.05, 0) is 44.2 Å². The topological polar surface area (TPSA) is 129 Å². The van der Waals surface area contributed by atoms with Crippen LogP contribution in [0.5, 0.6) is 0 Å². The number of nitrogens with one attached hydrogen (secondary N) is 1. The van der Waals surface area contributed by atoms with Crippen LogP contribution in [-0.2, 0) is 31.3 Å². The fraction of sp³-hybridized carbons (Fsp3) is 0.455. The molecular weight excluding hydrogens is 448 g/mol. The Labute approximate surface area is 192 Å². The summed E-state index contributed by atoms with van der Waals surface area (Å²) >= 11 is 0. The predicted octanol–water partition coefficient (Wildman–Crippen LogP) is 1.89. The molecule has 1 aromatic carbocycles. The second-order valence-electron chi connectivity index (χ2n) is 7.82. The van der Waals surface area contributed by atoms with E-state index < -0.39 is 15.7 Å². The first-order valence-corrected chi connectivity index (χ1v) is 12.4. The highest BCUT2D eigenvalue weighted by atomic mass is 32.2. The van der Waals surface area contributed by atoms with Gasteiger partial charge in [0.05, 0.1) is 16.8 Å². The van der Waals surface area contributed by atoms with Crippen molar-refractivity contribution >= 4 is 27.3 Å². The third-order valence-electron chi connectivity index (χ3n) is 5.28. The zero-order valence-electron chi connectivity index (χ0n) is 18.7. The van der Waals surface area contributed by atoms with Crippen molar-refractivity contribution in [3.05, 3.63) is 52.6 Å². The highest BCUT2D eigenvalue weighted by molar-refractivity contribution is 7.91. The average Bonchev–Trinajstić information content (AvgIpc) is 3.30. The SMILES string of the molecule is COCCCS(=O)(=O)c1ccc(/C(=N\OC2CCCC2)C(=O)Nc2cn(C)c(=O)cn2)cc1. The number of ether oxygens (including phenoxy) is 1. The molecule has 11 heteroatoms. The van der Waals surface area contributed by atoms with Crippen LogP contribution in [-0.4, -0.2) is 55.2 Å². The predicted molar refractivity (Wildman–Crippen MR) is 123 cm³/mol. The van der Waals surface area contributed by atoms with Gasteiger partial charge in [-0.2, -0.15) is 0 Å². The average molecular weight is 477 g/mol. The van der Waals surface area contributed by atoms with E-state index in [1.165, 1.54) is 42.1 Å². The number of carbonyl (C=O) groups is 1. The number of aromatic nitrogens is 2. The maximum Gasteiger partial charge on any atom is 0.279 e. The summed E-state index contributed by atoms with van der Waals surface area (Å²) in [4.78, 5) is 34.2. The number of hydrogen-bond acceptors (Lipinski definition) is 8. The number of hydrogen-bond donors (Lipinski definition) is 1. The number of rotatable bonds is 10.